The van der Waals surface area contributed by atoms with Gasteiger partial charge in [0.25, 0.3) is 0 Å². The summed E-state index contributed by atoms with van der Waals surface area (Å²) < 4.78 is 13.9. The summed E-state index contributed by atoms with van der Waals surface area (Å²) >= 11 is 0. The van der Waals surface area contributed by atoms with Crippen molar-refractivity contribution < 1.29 is 9.47 Å². The van der Waals surface area contributed by atoms with Gasteiger partial charge in [-0.15, -0.1) is 0 Å². The molecule has 1 aliphatic heterocycles. The van der Waals surface area contributed by atoms with Gasteiger partial charge in [-0.05, 0) is 100 Å². The number of hydrogen-bond acceptors (Lipinski definition) is 2. The lowest BCUT2D eigenvalue weighted by Gasteiger charge is -2.37. The van der Waals surface area contributed by atoms with Crippen LogP contribution in [0, 0.1) is 13.8 Å². The van der Waals surface area contributed by atoms with Crippen LogP contribution in [-0.2, 0) is 15.9 Å². The van der Waals surface area contributed by atoms with Crippen LogP contribution in [0.15, 0.2) is 158 Å². The minimum Gasteiger partial charge on any atom is -0.472 e. The summed E-state index contributed by atoms with van der Waals surface area (Å²) in [6.07, 6.45) is 4.67. The van der Waals surface area contributed by atoms with Crippen molar-refractivity contribution in [3.63, 3.8) is 0 Å². The second kappa shape index (κ2) is 11.3. The van der Waals surface area contributed by atoms with E-state index in [0.29, 0.717) is 0 Å². The highest BCUT2D eigenvalue weighted by atomic mass is 16.5. The Morgan fingerprint density at radius 1 is 0.558 bits per heavy atom. The number of hydrogen-bond donors (Lipinski definition) is 0. The maximum absolute atomic E-state index is 7.41. The maximum atomic E-state index is 7.41. The summed E-state index contributed by atoms with van der Waals surface area (Å²) in [6.45, 7) is 6.59. The molecule has 0 aromatic heterocycles. The van der Waals surface area contributed by atoms with Crippen molar-refractivity contribution >= 4 is 21.9 Å². The molecule has 7 aromatic rings. The number of methoxy groups -OCH3 is 1. The molecule has 2 heteroatoms. The summed E-state index contributed by atoms with van der Waals surface area (Å²) in [4.78, 5) is 0. The Morgan fingerprint density at radius 2 is 1.08 bits per heavy atom. The van der Waals surface area contributed by atoms with Crippen LogP contribution in [0.3, 0.4) is 0 Å². The highest BCUT2D eigenvalue weighted by molar-refractivity contribution is 6.00. The van der Waals surface area contributed by atoms with Crippen molar-refractivity contribution in [2.75, 3.05) is 7.11 Å². The Morgan fingerprint density at radius 3 is 1.65 bits per heavy atom. The molecule has 0 saturated heterocycles. The molecule has 1 heterocycles. The van der Waals surface area contributed by atoms with Crippen LogP contribution in [0.25, 0.3) is 44.2 Å². The summed E-state index contributed by atoms with van der Waals surface area (Å²) in [7, 11) is 1.82. The van der Waals surface area contributed by atoms with Crippen molar-refractivity contribution in [2.45, 2.75) is 32.0 Å². The molecule has 1 spiro atoms. The fourth-order valence-corrected chi connectivity index (χ4v) is 9.13. The van der Waals surface area contributed by atoms with Crippen LogP contribution in [0.4, 0.5) is 0 Å². The Balaban J connectivity index is 1.14. The van der Waals surface area contributed by atoms with E-state index in [9.17, 15) is 0 Å². The lowest BCUT2D eigenvalue weighted by molar-refractivity contribution is 0.0698. The molecule has 0 radical (unpaired) electrons. The Hall–Kier alpha value is -5.96. The molecule has 52 heavy (non-hydrogen) atoms. The maximum Gasteiger partial charge on any atom is 0.179 e. The number of benzene rings is 7. The van der Waals surface area contributed by atoms with Gasteiger partial charge in [-0.1, -0.05) is 140 Å². The van der Waals surface area contributed by atoms with Gasteiger partial charge in [-0.3, -0.25) is 0 Å². The SMILES string of the molecule is COC1(/C=C(\C)c2ccc(C3=CC4(Oc5c3ccc3c(C)c(C)ccc53)c3ccccc3-c3ccccc34)cc2)c2ccccc2-c2ccccc21. The number of rotatable bonds is 4. The number of fused-ring (bicyclic) bond motifs is 11. The zero-order chi connectivity index (χ0) is 35.2. The largest absolute Gasteiger partial charge is 0.472 e. The molecule has 0 fully saturated rings. The second-order valence-electron chi connectivity index (χ2n) is 14.5. The van der Waals surface area contributed by atoms with E-state index in [4.69, 9.17) is 9.47 Å². The van der Waals surface area contributed by atoms with Crippen molar-refractivity contribution in [3.8, 4) is 28.0 Å². The molecule has 0 unspecified atom stereocenters. The first-order valence-electron chi connectivity index (χ1n) is 18.1. The average molecular weight is 671 g/mol. The first-order valence-corrected chi connectivity index (χ1v) is 18.1. The number of aryl methyl sites for hydroxylation is 2. The third-order valence-corrected chi connectivity index (χ3v) is 11.9. The van der Waals surface area contributed by atoms with Crippen molar-refractivity contribution in [1.29, 1.82) is 0 Å². The monoisotopic (exact) mass is 670 g/mol. The molecule has 7 aromatic carbocycles. The average Bonchev–Trinajstić information content (AvgIpc) is 3.63. The van der Waals surface area contributed by atoms with Crippen molar-refractivity contribution in [3.05, 3.63) is 208 Å². The highest BCUT2D eigenvalue weighted by Gasteiger charge is 2.47. The molecular weight excluding hydrogens is 633 g/mol. The summed E-state index contributed by atoms with van der Waals surface area (Å²) in [5, 5.41) is 2.37. The van der Waals surface area contributed by atoms with Gasteiger partial charge in [0.15, 0.2) is 5.60 Å². The molecule has 0 amide bonds. The fraction of sp³-hybridized carbons (Fsp3) is 0.120. The zero-order valence-corrected chi connectivity index (χ0v) is 29.8. The van der Waals surface area contributed by atoms with Gasteiger partial charge in [0.2, 0.25) is 0 Å². The third-order valence-electron chi connectivity index (χ3n) is 11.9. The van der Waals surface area contributed by atoms with Gasteiger partial charge in [0.05, 0.1) is 0 Å². The van der Waals surface area contributed by atoms with Crippen LogP contribution in [0.1, 0.15) is 57.0 Å². The lowest BCUT2D eigenvalue weighted by Crippen LogP contribution is -2.33. The fourth-order valence-electron chi connectivity index (χ4n) is 9.13. The molecule has 2 nitrogen and oxygen atoms in total. The van der Waals surface area contributed by atoms with E-state index in [0.717, 1.165) is 33.4 Å². The van der Waals surface area contributed by atoms with Gasteiger partial charge < -0.3 is 9.47 Å². The second-order valence-corrected chi connectivity index (χ2v) is 14.5. The minimum absolute atomic E-state index is 0.661. The van der Waals surface area contributed by atoms with Crippen molar-refractivity contribution in [1.82, 2.24) is 0 Å². The van der Waals surface area contributed by atoms with E-state index in [1.165, 1.54) is 66.6 Å². The topological polar surface area (TPSA) is 18.5 Å². The molecule has 10 rings (SSSR count). The van der Waals surface area contributed by atoms with E-state index < -0.39 is 11.2 Å². The Labute approximate surface area is 305 Å². The standard InChI is InChI=1S/C50H38O2/c1-31-21-26-41-36(33(31)3)27-28-42-43(30-50(52-48(41)42)46-19-11-7-15-39(46)40-16-8-12-20-47(40)50)35-24-22-34(23-25-35)32(2)29-49(51-4)44-17-9-5-13-37(44)38-14-6-10-18-45(38)49/h5-30H,1-4H3/b32-29+. The molecule has 0 N–H and O–H groups in total. The molecule has 2 aliphatic carbocycles. The van der Waals surface area contributed by atoms with Gasteiger partial charge in [0.1, 0.15) is 11.4 Å². The van der Waals surface area contributed by atoms with Crippen LogP contribution >= 0.6 is 0 Å². The zero-order valence-electron chi connectivity index (χ0n) is 29.8. The van der Waals surface area contributed by atoms with Crippen LogP contribution < -0.4 is 4.74 Å². The highest BCUT2D eigenvalue weighted by Crippen LogP contribution is 2.57. The number of ether oxygens (including phenoxy) is 2. The molecular formula is C50H38O2. The minimum atomic E-state index is -0.759. The molecule has 3 aliphatic rings. The van der Waals surface area contributed by atoms with E-state index in [1.54, 1.807) is 0 Å². The Kier molecular flexibility index (Phi) is 6.68. The van der Waals surface area contributed by atoms with Gasteiger partial charge in [-0.25, -0.2) is 0 Å². The quantitative estimate of drug-likeness (QED) is 0.186. The third kappa shape index (κ3) is 4.16. The van der Waals surface area contributed by atoms with E-state index in [1.807, 2.05) is 7.11 Å². The van der Waals surface area contributed by atoms with E-state index in [-0.39, 0.29) is 0 Å². The van der Waals surface area contributed by atoms with Gasteiger partial charge >= 0.3 is 0 Å². The van der Waals surface area contributed by atoms with E-state index in [2.05, 4.69) is 179 Å². The van der Waals surface area contributed by atoms with Crippen molar-refractivity contribution in [2.24, 2.45) is 0 Å². The number of allylic oxidation sites excluding steroid dienone is 1. The lowest BCUT2D eigenvalue weighted by atomic mass is 9.81. The predicted molar refractivity (Wildman–Crippen MR) is 214 cm³/mol. The molecule has 0 atom stereocenters. The molecule has 250 valence electrons. The van der Waals surface area contributed by atoms with Gasteiger partial charge in [0, 0.05) is 40.3 Å². The summed E-state index contributed by atoms with van der Waals surface area (Å²) in [6, 6.07) is 52.7. The Bertz CT molecular complexity index is 2580. The normalized spacial score (nSPS) is 15.7. The smallest absolute Gasteiger partial charge is 0.179 e. The first kappa shape index (κ1) is 30.8. The summed E-state index contributed by atoms with van der Waals surface area (Å²) in [5.41, 5.74) is 16.5. The van der Waals surface area contributed by atoms with Crippen LogP contribution in [0.5, 0.6) is 5.75 Å². The predicted octanol–water partition coefficient (Wildman–Crippen LogP) is 12.2. The first-order chi connectivity index (χ1) is 25.4. The summed E-state index contributed by atoms with van der Waals surface area (Å²) in [5.74, 6) is 0.936. The van der Waals surface area contributed by atoms with E-state index >= 15 is 0 Å². The molecule has 0 bridgehead atoms. The molecule has 0 saturated carbocycles. The van der Waals surface area contributed by atoms with Crippen LogP contribution in [0.2, 0.25) is 0 Å². The van der Waals surface area contributed by atoms with Crippen LogP contribution in [-0.4, -0.2) is 7.11 Å². The van der Waals surface area contributed by atoms with Gasteiger partial charge in [-0.2, -0.15) is 0 Å².